The summed E-state index contributed by atoms with van der Waals surface area (Å²) in [7, 11) is 0. The third-order valence-electron chi connectivity index (χ3n) is 3.34. The average molecular weight is 404 g/mol. The number of benzene rings is 2. The summed E-state index contributed by atoms with van der Waals surface area (Å²) in [6, 6.07) is 17.1. The van der Waals surface area contributed by atoms with Crippen LogP contribution < -0.4 is 0 Å². The van der Waals surface area contributed by atoms with E-state index in [1.54, 1.807) is 12.1 Å². The molecule has 0 saturated heterocycles. The standard InChI is InChI=1S/C18H17IN2O/c1-2-11-21(13-15-9-7-14(12-20)8-10-15)18(22)16-5-3-4-6-17(16)19/h3-10H,2,11,13H2,1H3. The molecule has 3 nitrogen and oxygen atoms in total. The van der Waals surface area contributed by atoms with E-state index in [2.05, 4.69) is 35.6 Å². The van der Waals surface area contributed by atoms with Crippen molar-refractivity contribution in [2.75, 3.05) is 6.54 Å². The SMILES string of the molecule is CCCN(Cc1ccc(C#N)cc1)C(=O)c1ccccc1I. The van der Waals surface area contributed by atoms with Crippen LogP contribution in [-0.2, 0) is 6.54 Å². The summed E-state index contributed by atoms with van der Waals surface area (Å²) in [6.07, 6.45) is 0.908. The number of rotatable bonds is 5. The number of halogens is 1. The molecule has 0 aliphatic carbocycles. The van der Waals surface area contributed by atoms with E-state index in [1.807, 2.05) is 41.3 Å². The highest BCUT2D eigenvalue weighted by molar-refractivity contribution is 14.1. The molecular weight excluding hydrogens is 387 g/mol. The number of hydrogen-bond acceptors (Lipinski definition) is 2. The number of carbonyl (C=O) groups is 1. The Bertz CT molecular complexity index is 689. The molecule has 0 aliphatic heterocycles. The molecular formula is C18H17IN2O. The zero-order valence-electron chi connectivity index (χ0n) is 12.4. The van der Waals surface area contributed by atoms with Crippen LogP contribution in [-0.4, -0.2) is 17.4 Å². The molecule has 0 aliphatic rings. The Morgan fingerprint density at radius 1 is 1.18 bits per heavy atom. The van der Waals surface area contributed by atoms with Gasteiger partial charge in [0.1, 0.15) is 0 Å². The first kappa shape index (κ1) is 16.5. The quantitative estimate of drug-likeness (QED) is 0.701. The lowest BCUT2D eigenvalue weighted by Crippen LogP contribution is -2.31. The number of carbonyl (C=O) groups excluding carboxylic acids is 1. The second-order valence-electron chi connectivity index (χ2n) is 5.02. The molecule has 0 saturated carbocycles. The van der Waals surface area contributed by atoms with Gasteiger partial charge < -0.3 is 4.90 Å². The van der Waals surface area contributed by atoms with Crippen LogP contribution in [0, 0.1) is 14.9 Å². The van der Waals surface area contributed by atoms with Crippen molar-refractivity contribution in [3.05, 3.63) is 68.8 Å². The maximum absolute atomic E-state index is 12.8. The molecule has 0 bridgehead atoms. The molecule has 0 heterocycles. The van der Waals surface area contributed by atoms with Gasteiger partial charge in [-0.1, -0.05) is 31.2 Å². The monoisotopic (exact) mass is 404 g/mol. The van der Waals surface area contributed by atoms with Crippen molar-refractivity contribution >= 4 is 28.5 Å². The van der Waals surface area contributed by atoms with E-state index < -0.39 is 0 Å². The molecule has 2 aromatic carbocycles. The predicted octanol–water partition coefficient (Wildman–Crippen LogP) is 4.22. The van der Waals surface area contributed by atoms with Gasteiger partial charge in [0.2, 0.25) is 0 Å². The molecule has 2 aromatic rings. The molecule has 0 fully saturated rings. The minimum absolute atomic E-state index is 0.0520. The Morgan fingerprint density at radius 3 is 2.45 bits per heavy atom. The first-order valence-corrected chi connectivity index (χ1v) is 8.26. The second kappa shape index (κ2) is 7.95. The summed E-state index contributed by atoms with van der Waals surface area (Å²) < 4.78 is 0.964. The molecule has 112 valence electrons. The summed E-state index contributed by atoms with van der Waals surface area (Å²) in [4.78, 5) is 14.6. The van der Waals surface area contributed by atoms with Crippen LogP contribution in [0.15, 0.2) is 48.5 Å². The molecule has 0 unspecified atom stereocenters. The third-order valence-corrected chi connectivity index (χ3v) is 4.28. The van der Waals surface area contributed by atoms with Crippen LogP contribution in [0.5, 0.6) is 0 Å². The first-order valence-electron chi connectivity index (χ1n) is 7.18. The van der Waals surface area contributed by atoms with Crippen molar-refractivity contribution in [2.24, 2.45) is 0 Å². The van der Waals surface area contributed by atoms with Crippen molar-refractivity contribution < 1.29 is 4.79 Å². The lowest BCUT2D eigenvalue weighted by atomic mass is 10.1. The van der Waals surface area contributed by atoms with Gasteiger partial charge in [0.15, 0.2) is 0 Å². The fourth-order valence-electron chi connectivity index (χ4n) is 2.23. The summed E-state index contributed by atoms with van der Waals surface area (Å²) in [6.45, 7) is 3.34. The van der Waals surface area contributed by atoms with E-state index >= 15 is 0 Å². The Balaban J connectivity index is 2.20. The van der Waals surface area contributed by atoms with Crippen LogP contribution in [0.3, 0.4) is 0 Å². The van der Waals surface area contributed by atoms with Gasteiger partial charge in [-0.2, -0.15) is 5.26 Å². The molecule has 0 atom stereocenters. The largest absolute Gasteiger partial charge is 0.334 e. The molecule has 0 aromatic heterocycles. The van der Waals surface area contributed by atoms with E-state index in [9.17, 15) is 4.79 Å². The van der Waals surface area contributed by atoms with Gasteiger partial charge in [-0.25, -0.2) is 0 Å². The van der Waals surface area contributed by atoms with Crippen molar-refractivity contribution in [1.82, 2.24) is 4.90 Å². The fourth-order valence-corrected chi connectivity index (χ4v) is 2.85. The van der Waals surface area contributed by atoms with E-state index in [1.165, 1.54) is 0 Å². The molecule has 1 amide bonds. The average Bonchev–Trinajstić information content (AvgIpc) is 2.55. The Morgan fingerprint density at radius 2 is 1.86 bits per heavy atom. The molecule has 22 heavy (non-hydrogen) atoms. The third kappa shape index (κ3) is 4.08. The Labute approximate surface area is 144 Å². The summed E-state index contributed by atoms with van der Waals surface area (Å²) in [5, 5.41) is 8.85. The zero-order chi connectivity index (χ0) is 15.9. The second-order valence-corrected chi connectivity index (χ2v) is 6.18. The molecule has 2 rings (SSSR count). The van der Waals surface area contributed by atoms with Gasteiger partial charge in [-0.15, -0.1) is 0 Å². The lowest BCUT2D eigenvalue weighted by molar-refractivity contribution is 0.0742. The minimum Gasteiger partial charge on any atom is -0.334 e. The number of nitrogens with zero attached hydrogens (tertiary/aromatic N) is 2. The van der Waals surface area contributed by atoms with Crippen molar-refractivity contribution in [3.8, 4) is 6.07 Å². The van der Waals surface area contributed by atoms with Crippen molar-refractivity contribution in [1.29, 1.82) is 5.26 Å². The van der Waals surface area contributed by atoms with Gasteiger partial charge in [0.05, 0.1) is 17.2 Å². The van der Waals surface area contributed by atoms with Crippen molar-refractivity contribution in [3.63, 3.8) is 0 Å². The summed E-state index contributed by atoms with van der Waals surface area (Å²) >= 11 is 2.19. The number of nitriles is 1. The molecule has 0 radical (unpaired) electrons. The van der Waals surface area contributed by atoms with E-state index in [0.717, 1.165) is 21.1 Å². The highest BCUT2D eigenvalue weighted by atomic mass is 127. The zero-order valence-corrected chi connectivity index (χ0v) is 14.6. The molecule has 0 spiro atoms. The summed E-state index contributed by atoms with van der Waals surface area (Å²) in [5.74, 6) is 0.0520. The van der Waals surface area contributed by atoms with Crippen LogP contribution in [0.1, 0.15) is 34.8 Å². The Kier molecular flexibility index (Phi) is 5.96. The van der Waals surface area contributed by atoms with E-state index in [0.29, 0.717) is 18.7 Å². The maximum atomic E-state index is 12.8. The highest BCUT2D eigenvalue weighted by Crippen LogP contribution is 2.16. The lowest BCUT2D eigenvalue weighted by Gasteiger charge is -2.23. The van der Waals surface area contributed by atoms with Gasteiger partial charge in [0.25, 0.3) is 5.91 Å². The van der Waals surface area contributed by atoms with Gasteiger partial charge >= 0.3 is 0 Å². The smallest absolute Gasteiger partial charge is 0.255 e. The highest BCUT2D eigenvalue weighted by Gasteiger charge is 2.17. The van der Waals surface area contributed by atoms with E-state index in [-0.39, 0.29) is 5.91 Å². The predicted molar refractivity (Wildman–Crippen MR) is 95.3 cm³/mol. The molecule has 4 heteroatoms. The van der Waals surface area contributed by atoms with Crippen LogP contribution in [0.4, 0.5) is 0 Å². The van der Waals surface area contributed by atoms with Crippen LogP contribution >= 0.6 is 22.6 Å². The first-order chi connectivity index (χ1) is 10.7. The maximum Gasteiger partial charge on any atom is 0.255 e. The van der Waals surface area contributed by atoms with E-state index in [4.69, 9.17) is 5.26 Å². The fraction of sp³-hybridized carbons (Fsp3) is 0.222. The minimum atomic E-state index is 0.0520. The van der Waals surface area contributed by atoms with Gasteiger partial charge in [-0.05, 0) is 58.8 Å². The van der Waals surface area contributed by atoms with Gasteiger partial charge in [-0.3, -0.25) is 4.79 Å². The van der Waals surface area contributed by atoms with Crippen LogP contribution in [0.25, 0.3) is 0 Å². The number of amides is 1. The van der Waals surface area contributed by atoms with Gasteiger partial charge in [0, 0.05) is 16.7 Å². The molecule has 0 N–H and O–H groups in total. The number of hydrogen-bond donors (Lipinski definition) is 0. The van der Waals surface area contributed by atoms with Crippen LogP contribution in [0.2, 0.25) is 0 Å². The summed E-state index contributed by atoms with van der Waals surface area (Å²) in [5.41, 5.74) is 2.41. The Hall–Kier alpha value is -1.87. The normalized spacial score (nSPS) is 10.0. The topological polar surface area (TPSA) is 44.1 Å². The van der Waals surface area contributed by atoms with Crippen molar-refractivity contribution in [2.45, 2.75) is 19.9 Å².